The van der Waals surface area contributed by atoms with Crippen LogP contribution in [0.3, 0.4) is 0 Å². The van der Waals surface area contributed by atoms with E-state index in [1.807, 2.05) is 0 Å². The second-order valence-electron chi connectivity index (χ2n) is 21.1. The van der Waals surface area contributed by atoms with Crippen molar-refractivity contribution in [2.75, 3.05) is 6.61 Å². The second-order valence-corrected chi connectivity index (χ2v) is 21.1. The smallest absolute Gasteiger partial charge is 0.249 e. The van der Waals surface area contributed by atoms with E-state index in [4.69, 9.17) is 0 Å². The molecule has 0 rings (SSSR count). The molecule has 0 heterocycles. The van der Waals surface area contributed by atoms with Gasteiger partial charge in [0.15, 0.2) is 0 Å². The predicted molar refractivity (Wildman–Crippen MR) is 288 cm³/mol. The summed E-state index contributed by atoms with van der Waals surface area (Å²) in [5.74, 6) is -0.586. The number of aliphatic hydroxyl groups is 4. The first-order valence-electron chi connectivity index (χ1n) is 30.1. The Morgan fingerprint density at radius 3 is 0.909 bits per heavy atom. The Morgan fingerprint density at radius 2 is 0.621 bits per heavy atom. The summed E-state index contributed by atoms with van der Waals surface area (Å²) in [7, 11) is 0. The third kappa shape index (κ3) is 48.1. The van der Waals surface area contributed by atoms with Gasteiger partial charge in [0.1, 0.15) is 12.2 Å². The minimum absolute atomic E-state index is 0.369. The standard InChI is InChI=1S/C60H119NO5/c1-3-5-7-9-11-13-15-17-19-21-23-25-27-29-30-32-34-36-38-40-42-44-46-48-50-52-54-58(64)60(66)61-56(55-62)59(65)57(63)53-51-49-47-45-43-41-39-37-35-33-31-28-26-24-22-20-18-16-14-12-10-8-6-4-2/h45,47,56-59,62-65H,3-44,46,48-55H2,1-2H3,(H,61,66)/b47-45+. The molecule has 0 aliphatic rings. The average molecular weight is 935 g/mol. The van der Waals surface area contributed by atoms with Crippen LogP contribution in [-0.4, -0.2) is 57.3 Å². The first-order chi connectivity index (χ1) is 32.5. The zero-order valence-electron chi connectivity index (χ0n) is 44.7. The van der Waals surface area contributed by atoms with Crippen molar-refractivity contribution in [1.82, 2.24) is 5.32 Å². The van der Waals surface area contributed by atoms with Crippen LogP contribution >= 0.6 is 0 Å². The minimum atomic E-state index is -1.28. The van der Waals surface area contributed by atoms with Crippen LogP contribution in [0, 0.1) is 0 Å². The van der Waals surface area contributed by atoms with E-state index in [0.29, 0.717) is 12.8 Å². The van der Waals surface area contributed by atoms with E-state index in [2.05, 4.69) is 31.3 Å². The number of amides is 1. The fourth-order valence-corrected chi connectivity index (χ4v) is 9.76. The lowest BCUT2D eigenvalue weighted by Crippen LogP contribution is -2.53. The predicted octanol–water partition coefficient (Wildman–Crippen LogP) is 17.6. The summed E-state index contributed by atoms with van der Waals surface area (Å²) < 4.78 is 0. The van der Waals surface area contributed by atoms with Crippen molar-refractivity contribution in [3.05, 3.63) is 12.2 Å². The minimum Gasteiger partial charge on any atom is -0.394 e. The van der Waals surface area contributed by atoms with Crippen LogP contribution in [-0.2, 0) is 4.79 Å². The maximum Gasteiger partial charge on any atom is 0.249 e. The van der Waals surface area contributed by atoms with Crippen molar-refractivity contribution in [2.24, 2.45) is 0 Å². The molecule has 0 aromatic rings. The van der Waals surface area contributed by atoms with E-state index >= 15 is 0 Å². The average Bonchev–Trinajstić information content (AvgIpc) is 3.32. The molecule has 0 spiro atoms. The largest absolute Gasteiger partial charge is 0.394 e. The Labute approximate surface area is 412 Å². The number of nitrogens with one attached hydrogen (secondary N) is 1. The van der Waals surface area contributed by atoms with Gasteiger partial charge in [-0.2, -0.15) is 0 Å². The quantitative estimate of drug-likeness (QED) is 0.0308. The van der Waals surface area contributed by atoms with Crippen LogP contribution in [0.5, 0.6) is 0 Å². The number of carbonyl (C=O) groups excluding carboxylic acids is 1. The van der Waals surface area contributed by atoms with Crippen LogP contribution in [0.25, 0.3) is 0 Å². The number of allylic oxidation sites excluding steroid dienone is 2. The molecule has 0 fully saturated rings. The number of hydrogen-bond acceptors (Lipinski definition) is 5. The number of aliphatic hydroxyl groups excluding tert-OH is 4. The maximum absolute atomic E-state index is 12.6. The van der Waals surface area contributed by atoms with Crippen molar-refractivity contribution in [2.45, 2.75) is 359 Å². The summed E-state index contributed by atoms with van der Waals surface area (Å²) in [5.41, 5.74) is 0. The van der Waals surface area contributed by atoms with E-state index in [1.165, 1.54) is 270 Å². The zero-order valence-corrected chi connectivity index (χ0v) is 44.7. The van der Waals surface area contributed by atoms with Gasteiger partial charge in [0, 0.05) is 0 Å². The highest BCUT2D eigenvalue weighted by molar-refractivity contribution is 5.80. The van der Waals surface area contributed by atoms with Gasteiger partial charge in [0.2, 0.25) is 5.91 Å². The number of rotatable bonds is 56. The van der Waals surface area contributed by atoms with E-state index in [-0.39, 0.29) is 0 Å². The fourth-order valence-electron chi connectivity index (χ4n) is 9.76. The summed E-state index contributed by atoms with van der Waals surface area (Å²) >= 11 is 0. The molecule has 0 saturated heterocycles. The van der Waals surface area contributed by atoms with Gasteiger partial charge < -0.3 is 25.7 Å². The fraction of sp³-hybridized carbons (Fsp3) is 0.950. The summed E-state index contributed by atoms with van der Waals surface area (Å²) in [4.78, 5) is 12.6. The van der Waals surface area contributed by atoms with Gasteiger partial charge in [-0.3, -0.25) is 4.79 Å². The topological polar surface area (TPSA) is 110 Å². The summed E-state index contributed by atoms with van der Waals surface area (Å²) in [6.45, 7) is 4.09. The normalized spacial score (nSPS) is 13.7. The molecule has 6 heteroatoms. The first kappa shape index (κ1) is 65.0. The Hall–Kier alpha value is -0.950. The maximum atomic E-state index is 12.6. The highest BCUT2D eigenvalue weighted by Gasteiger charge is 2.28. The molecular formula is C60H119NO5. The highest BCUT2D eigenvalue weighted by atomic mass is 16.3. The Morgan fingerprint density at radius 1 is 0.364 bits per heavy atom. The van der Waals surface area contributed by atoms with E-state index < -0.39 is 36.9 Å². The highest BCUT2D eigenvalue weighted by Crippen LogP contribution is 2.19. The van der Waals surface area contributed by atoms with Crippen molar-refractivity contribution in [3.63, 3.8) is 0 Å². The number of hydrogen-bond donors (Lipinski definition) is 5. The van der Waals surface area contributed by atoms with Gasteiger partial charge in [0.05, 0.1) is 18.8 Å². The van der Waals surface area contributed by atoms with Gasteiger partial charge in [-0.05, 0) is 38.5 Å². The van der Waals surface area contributed by atoms with E-state index in [0.717, 1.165) is 38.5 Å². The molecule has 4 unspecified atom stereocenters. The van der Waals surface area contributed by atoms with Gasteiger partial charge in [-0.15, -0.1) is 0 Å². The molecule has 4 atom stereocenters. The van der Waals surface area contributed by atoms with Crippen LogP contribution in [0.2, 0.25) is 0 Å². The summed E-state index contributed by atoms with van der Waals surface area (Å²) in [6.07, 6.45) is 65.8. The van der Waals surface area contributed by atoms with Gasteiger partial charge in [-0.1, -0.05) is 309 Å². The molecule has 0 bridgehead atoms. The molecule has 0 aromatic carbocycles. The Balaban J connectivity index is 3.60. The summed E-state index contributed by atoms with van der Waals surface area (Å²) in [6, 6.07) is -0.999. The lowest BCUT2D eigenvalue weighted by molar-refractivity contribution is -0.132. The Bertz CT molecular complexity index is 959. The third-order valence-electron chi connectivity index (χ3n) is 14.5. The molecular weight excluding hydrogens is 815 g/mol. The van der Waals surface area contributed by atoms with Gasteiger partial charge >= 0.3 is 0 Å². The first-order valence-corrected chi connectivity index (χ1v) is 30.1. The SMILES string of the molecule is CCCCCCCCCCCCCCCCCCCCC/C=C/CCCC(O)C(O)C(CO)NC(=O)C(O)CCCCCCCCCCCCCCCCCCCCCCCCCCCC. The molecule has 1 amide bonds. The lowest BCUT2D eigenvalue weighted by Gasteiger charge is -2.27. The van der Waals surface area contributed by atoms with Crippen molar-refractivity contribution in [3.8, 4) is 0 Å². The molecule has 394 valence electrons. The molecule has 0 radical (unpaired) electrons. The molecule has 0 aliphatic carbocycles. The van der Waals surface area contributed by atoms with Crippen molar-refractivity contribution < 1.29 is 25.2 Å². The monoisotopic (exact) mass is 934 g/mol. The van der Waals surface area contributed by atoms with E-state index in [9.17, 15) is 25.2 Å². The Kier molecular flexibility index (Phi) is 54.2. The molecule has 6 nitrogen and oxygen atoms in total. The van der Waals surface area contributed by atoms with E-state index in [1.54, 1.807) is 0 Å². The van der Waals surface area contributed by atoms with Crippen LogP contribution in [0.4, 0.5) is 0 Å². The lowest BCUT2D eigenvalue weighted by atomic mass is 10.00. The van der Waals surface area contributed by atoms with Crippen LogP contribution < -0.4 is 5.32 Å². The van der Waals surface area contributed by atoms with Gasteiger partial charge in [-0.25, -0.2) is 0 Å². The van der Waals surface area contributed by atoms with Gasteiger partial charge in [0.25, 0.3) is 0 Å². The molecule has 66 heavy (non-hydrogen) atoms. The van der Waals surface area contributed by atoms with Crippen molar-refractivity contribution >= 4 is 5.91 Å². The van der Waals surface area contributed by atoms with Crippen LogP contribution in [0.1, 0.15) is 335 Å². The molecule has 5 N–H and O–H groups in total. The number of unbranched alkanes of at least 4 members (excludes halogenated alkanes) is 45. The third-order valence-corrected chi connectivity index (χ3v) is 14.5. The summed E-state index contributed by atoms with van der Waals surface area (Å²) in [5, 5.41) is 44.0. The van der Waals surface area contributed by atoms with Crippen LogP contribution in [0.15, 0.2) is 12.2 Å². The second kappa shape index (κ2) is 55.0. The van der Waals surface area contributed by atoms with Crippen molar-refractivity contribution in [1.29, 1.82) is 0 Å². The molecule has 0 saturated carbocycles. The zero-order chi connectivity index (χ0) is 48.1. The molecule has 0 aromatic heterocycles. The molecule has 0 aliphatic heterocycles. The number of carbonyl (C=O) groups is 1.